The molecule has 2 heterocycles. The molecule has 6 heteroatoms. The number of hydrogen-bond donors (Lipinski definition) is 1. The SMILES string of the molecule is O=C(COC1CCOCC1)Nc1cccc2ocnc12. The molecule has 1 aliphatic heterocycles. The van der Waals surface area contributed by atoms with E-state index in [9.17, 15) is 4.79 Å². The Labute approximate surface area is 116 Å². The van der Waals surface area contributed by atoms with Gasteiger partial charge in [-0.05, 0) is 25.0 Å². The Kier molecular flexibility index (Phi) is 3.94. The van der Waals surface area contributed by atoms with Gasteiger partial charge in [0.15, 0.2) is 12.0 Å². The van der Waals surface area contributed by atoms with Crippen LogP contribution in [-0.4, -0.2) is 36.8 Å². The molecule has 0 spiro atoms. The smallest absolute Gasteiger partial charge is 0.250 e. The first-order chi connectivity index (χ1) is 9.83. The number of carbonyl (C=O) groups excluding carboxylic acids is 1. The Balaban J connectivity index is 1.57. The highest BCUT2D eigenvalue weighted by molar-refractivity contribution is 5.99. The Hall–Kier alpha value is -1.92. The van der Waals surface area contributed by atoms with E-state index in [2.05, 4.69) is 10.3 Å². The molecular formula is C14H16N2O4. The van der Waals surface area contributed by atoms with Gasteiger partial charge in [-0.15, -0.1) is 0 Å². The second-order valence-corrected chi connectivity index (χ2v) is 4.68. The molecule has 0 radical (unpaired) electrons. The van der Waals surface area contributed by atoms with E-state index in [1.165, 1.54) is 6.39 Å². The first-order valence-corrected chi connectivity index (χ1v) is 6.64. The highest BCUT2D eigenvalue weighted by atomic mass is 16.5. The number of rotatable bonds is 4. The van der Waals surface area contributed by atoms with Gasteiger partial charge in [0.05, 0.1) is 11.8 Å². The fourth-order valence-electron chi connectivity index (χ4n) is 2.21. The molecule has 0 saturated carbocycles. The molecule has 3 rings (SSSR count). The van der Waals surface area contributed by atoms with Gasteiger partial charge in [0, 0.05) is 13.2 Å². The maximum atomic E-state index is 11.9. The third-order valence-corrected chi connectivity index (χ3v) is 3.25. The topological polar surface area (TPSA) is 73.6 Å². The third kappa shape index (κ3) is 2.97. The fourth-order valence-corrected chi connectivity index (χ4v) is 2.21. The predicted molar refractivity (Wildman–Crippen MR) is 72.4 cm³/mol. The van der Waals surface area contributed by atoms with Crippen molar-refractivity contribution in [3.63, 3.8) is 0 Å². The zero-order valence-electron chi connectivity index (χ0n) is 11.0. The van der Waals surface area contributed by atoms with E-state index in [0.29, 0.717) is 30.0 Å². The number of amides is 1. The Bertz CT molecular complexity index is 590. The minimum absolute atomic E-state index is 0.0406. The number of carbonyl (C=O) groups is 1. The summed E-state index contributed by atoms with van der Waals surface area (Å²) in [6, 6.07) is 5.40. The maximum absolute atomic E-state index is 11.9. The summed E-state index contributed by atoms with van der Waals surface area (Å²) in [5, 5.41) is 2.79. The van der Waals surface area contributed by atoms with Crippen molar-refractivity contribution in [2.24, 2.45) is 0 Å². The summed E-state index contributed by atoms with van der Waals surface area (Å²) in [6.45, 7) is 1.44. The van der Waals surface area contributed by atoms with Crippen LogP contribution < -0.4 is 5.32 Å². The lowest BCUT2D eigenvalue weighted by atomic mass is 10.1. The van der Waals surface area contributed by atoms with Gasteiger partial charge in [-0.3, -0.25) is 4.79 Å². The summed E-state index contributed by atoms with van der Waals surface area (Å²) in [4.78, 5) is 16.0. The number of ether oxygens (including phenoxy) is 2. The van der Waals surface area contributed by atoms with Crippen LogP contribution in [0.1, 0.15) is 12.8 Å². The molecule has 1 N–H and O–H groups in total. The van der Waals surface area contributed by atoms with Gasteiger partial charge in [0.1, 0.15) is 12.1 Å². The number of nitrogens with one attached hydrogen (secondary N) is 1. The summed E-state index contributed by atoms with van der Waals surface area (Å²) in [7, 11) is 0. The van der Waals surface area contributed by atoms with Crippen molar-refractivity contribution < 1.29 is 18.7 Å². The summed E-state index contributed by atoms with van der Waals surface area (Å²) < 4.78 is 16.0. The third-order valence-electron chi connectivity index (χ3n) is 3.25. The zero-order chi connectivity index (χ0) is 13.8. The number of fused-ring (bicyclic) bond motifs is 1. The highest BCUT2D eigenvalue weighted by Crippen LogP contribution is 2.21. The Morgan fingerprint density at radius 3 is 3.10 bits per heavy atom. The number of aromatic nitrogens is 1. The summed E-state index contributed by atoms with van der Waals surface area (Å²) in [5.74, 6) is -0.188. The highest BCUT2D eigenvalue weighted by Gasteiger charge is 2.16. The van der Waals surface area contributed by atoms with Crippen molar-refractivity contribution in [2.75, 3.05) is 25.1 Å². The monoisotopic (exact) mass is 276 g/mol. The van der Waals surface area contributed by atoms with Crippen molar-refractivity contribution in [1.82, 2.24) is 4.98 Å². The van der Waals surface area contributed by atoms with E-state index in [1.807, 2.05) is 6.07 Å². The van der Waals surface area contributed by atoms with E-state index in [1.54, 1.807) is 12.1 Å². The summed E-state index contributed by atoms with van der Waals surface area (Å²) >= 11 is 0. The first kappa shape index (κ1) is 13.1. The number of oxazole rings is 1. The number of benzene rings is 1. The van der Waals surface area contributed by atoms with Gasteiger partial charge in [-0.2, -0.15) is 0 Å². The molecule has 1 aliphatic rings. The van der Waals surface area contributed by atoms with Gasteiger partial charge in [0.25, 0.3) is 0 Å². The molecule has 1 amide bonds. The maximum Gasteiger partial charge on any atom is 0.250 e. The van der Waals surface area contributed by atoms with Crippen LogP contribution in [0.4, 0.5) is 5.69 Å². The average molecular weight is 276 g/mol. The molecule has 1 aromatic heterocycles. The second kappa shape index (κ2) is 6.02. The van der Waals surface area contributed by atoms with E-state index < -0.39 is 0 Å². The zero-order valence-corrected chi connectivity index (χ0v) is 11.0. The van der Waals surface area contributed by atoms with Crippen LogP contribution in [0.5, 0.6) is 0 Å². The molecule has 0 bridgehead atoms. The minimum atomic E-state index is -0.188. The number of nitrogens with zero attached hydrogens (tertiary/aromatic N) is 1. The molecule has 0 atom stereocenters. The van der Waals surface area contributed by atoms with Crippen LogP contribution in [0.15, 0.2) is 29.0 Å². The molecule has 1 fully saturated rings. The Morgan fingerprint density at radius 1 is 1.40 bits per heavy atom. The van der Waals surface area contributed by atoms with Crippen molar-refractivity contribution in [1.29, 1.82) is 0 Å². The molecule has 1 saturated heterocycles. The molecule has 2 aromatic rings. The molecule has 0 aliphatic carbocycles. The van der Waals surface area contributed by atoms with Crippen LogP contribution in [0, 0.1) is 0 Å². The van der Waals surface area contributed by atoms with Gasteiger partial charge in [-0.25, -0.2) is 4.98 Å². The summed E-state index contributed by atoms with van der Waals surface area (Å²) in [5.41, 5.74) is 1.93. The van der Waals surface area contributed by atoms with Crippen LogP contribution in [-0.2, 0) is 14.3 Å². The molecule has 20 heavy (non-hydrogen) atoms. The lowest BCUT2D eigenvalue weighted by Crippen LogP contribution is -2.28. The van der Waals surface area contributed by atoms with E-state index in [4.69, 9.17) is 13.9 Å². The second-order valence-electron chi connectivity index (χ2n) is 4.68. The predicted octanol–water partition coefficient (Wildman–Crippen LogP) is 1.96. The normalized spacial score (nSPS) is 16.4. The van der Waals surface area contributed by atoms with Gasteiger partial charge < -0.3 is 19.2 Å². The van der Waals surface area contributed by atoms with Crippen molar-refractivity contribution >= 4 is 22.7 Å². The standard InChI is InChI=1S/C14H16N2O4/c17-13(8-19-10-4-6-18-7-5-10)16-11-2-1-3-12-14(11)15-9-20-12/h1-3,9-10H,4-8H2,(H,16,17). The molecule has 0 unspecified atom stereocenters. The number of hydrogen-bond acceptors (Lipinski definition) is 5. The average Bonchev–Trinajstić information content (AvgIpc) is 2.96. The van der Waals surface area contributed by atoms with Crippen LogP contribution in [0.25, 0.3) is 11.1 Å². The van der Waals surface area contributed by atoms with E-state index in [0.717, 1.165) is 12.8 Å². The van der Waals surface area contributed by atoms with Crippen molar-refractivity contribution in [2.45, 2.75) is 18.9 Å². The van der Waals surface area contributed by atoms with Gasteiger partial charge >= 0.3 is 0 Å². The van der Waals surface area contributed by atoms with Gasteiger partial charge in [0.2, 0.25) is 5.91 Å². The molecular weight excluding hydrogens is 260 g/mol. The lowest BCUT2D eigenvalue weighted by Gasteiger charge is -2.22. The first-order valence-electron chi connectivity index (χ1n) is 6.64. The number of para-hydroxylation sites is 1. The van der Waals surface area contributed by atoms with Crippen LogP contribution >= 0.6 is 0 Å². The molecule has 1 aromatic carbocycles. The van der Waals surface area contributed by atoms with Crippen molar-refractivity contribution in [3.05, 3.63) is 24.6 Å². The molecule has 106 valence electrons. The van der Waals surface area contributed by atoms with Crippen LogP contribution in [0.2, 0.25) is 0 Å². The molecule has 6 nitrogen and oxygen atoms in total. The van der Waals surface area contributed by atoms with E-state index >= 15 is 0 Å². The van der Waals surface area contributed by atoms with Gasteiger partial charge in [-0.1, -0.05) is 6.07 Å². The van der Waals surface area contributed by atoms with E-state index in [-0.39, 0.29) is 18.6 Å². The van der Waals surface area contributed by atoms with Crippen molar-refractivity contribution in [3.8, 4) is 0 Å². The number of anilines is 1. The van der Waals surface area contributed by atoms with Crippen LogP contribution in [0.3, 0.4) is 0 Å². The lowest BCUT2D eigenvalue weighted by molar-refractivity contribution is -0.124. The Morgan fingerprint density at radius 2 is 2.25 bits per heavy atom. The largest absolute Gasteiger partial charge is 0.443 e. The summed E-state index contributed by atoms with van der Waals surface area (Å²) in [6.07, 6.45) is 3.15. The minimum Gasteiger partial charge on any atom is -0.443 e. The quantitative estimate of drug-likeness (QED) is 0.924. The fraction of sp³-hybridized carbons (Fsp3) is 0.429.